The molecule has 0 radical (unpaired) electrons. The van der Waals surface area contributed by atoms with Crippen LogP contribution in [0, 0.1) is 5.92 Å². The van der Waals surface area contributed by atoms with Gasteiger partial charge in [-0.1, -0.05) is 62.6 Å². The molecule has 0 saturated heterocycles. The summed E-state index contributed by atoms with van der Waals surface area (Å²) in [5.41, 5.74) is 1.79. The molecule has 0 aliphatic carbocycles. The van der Waals surface area contributed by atoms with Crippen LogP contribution in [0.15, 0.2) is 66.6 Å². The van der Waals surface area contributed by atoms with Crippen LogP contribution in [0.4, 0.5) is 0 Å². The largest absolute Gasteiger partial charge is 0.292 e. The minimum absolute atomic E-state index is 0.102. The normalized spacial score (nSPS) is 13.4. The maximum Gasteiger partial charge on any atom is 0.182 e. The summed E-state index contributed by atoms with van der Waals surface area (Å²) in [5.74, 6) is -0.0124. The zero-order valence-corrected chi connectivity index (χ0v) is 16.0. The van der Waals surface area contributed by atoms with Gasteiger partial charge in [-0.3, -0.25) is 9.78 Å². The van der Waals surface area contributed by atoms with Crippen LogP contribution in [0.3, 0.4) is 0 Å². The number of pyridine rings is 1. The highest BCUT2D eigenvalue weighted by molar-refractivity contribution is 7.12. The van der Waals surface area contributed by atoms with Crippen molar-refractivity contribution < 1.29 is 4.79 Å². The van der Waals surface area contributed by atoms with Crippen molar-refractivity contribution in [2.75, 3.05) is 0 Å². The standard InChI is InChI=1S/C23H25NOS/c1-3-5-6-10-17(4-2)22(23(25)21-13-9-16-26-21)20-15-14-18-11-7-8-12-19(18)24-20/h4,7-9,11-17,22H,2-3,5-6,10H2,1H3/t17-,22+/m1/s1. The third-order valence-corrected chi connectivity index (χ3v) is 5.74. The summed E-state index contributed by atoms with van der Waals surface area (Å²) in [7, 11) is 0. The minimum Gasteiger partial charge on any atom is -0.292 e. The number of ketones is 1. The molecule has 0 N–H and O–H groups in total. The number of aromatic nitrogens is 1. The number of rotatable bonds is 9. The van der Waals surface area contributed by atoms with Gasteiger partial charge in [0.15, 0.2) is 5.78 Å². The lowest BCUT2D eigenvalue weighted by Gasteiger charge is -2.23. The van der Waals surface area contributed by atoms with E-state index in [0.717, 1.165) is 34.3 Å². The molecule has 1 aromatic carbocycles. The van der Waals surface area contributed by atoms with E-state index in [1.165, 1.54) is 24.2 Å². The van der Waals surface area contributed by atoms with Crippen molar-refractivity contribution in [3.05, 3.63) is 77.1 Å². The number of nitrogens with zero attached hydrogens (tertiary/aromatic N) is 1. The zero-order valence-electron chi connectivity index (χ0n) is 15.2. The van der Waals surface area contributed by atoms with E-state index in [1.54, 1.807) is 0 Å². The number of unbranched alkanes of at least 4 members (excludes halogenated alkanes) is 2. The first-order chi connectivity index (χ1) is 12.7. The Labute approximate surface area is 159 Å². The first-order valence-corrected chi connectivity index (χ1v) is 10.2. The van der Waals surface area contributed by atoms with Gasteiger partial charge in [0, 0.05) is 5.39 Å². The first kappa shape index (κ1) is 18.5. The topological polar surface area (TPSA) is 30.0 Å². The summed E-state index contributed by atoms with van der Waals surface area (Å²) in [6, 6.07) is 16.0. The Hall–Kier alpha value is -2.26. The summed E-state index contributed by atoms with van der Waals surface area (Å²) >= 11 is 1.50. The van der Waals surface area contributed by atoms with Crippen molar-refractivity contribution in [2.45, 2.75) is 38.5 Å². The first-order valence-electron chi connectivity index (χ1n) is 9.30. The molecule has 0 saturated carbocycles. The smallest absolute Gasteiger partial charge is 0.182 e. The van der Waals surface area contributed by atoms with Gasteiger partial charge in [0.05, 0.1) is 22.0 Å². The molecule has 0 unspecified atom stereocenters. The summed E-state index contributed by atoms with van der Waals surface area (Å²) in [4.78, 5) is 18.9. The highest BCUT2D eigenvalue weighted by Gasteiger charge is 2.30. The van der Waals surface area contributed by atoms with Crippen molar-refractivity contribution >= 4 is 28.0 Å². The Morgan fingerprint density at radius 3 is 2.73 bits per heavy atom. The number of para-hydroxylation sites is 1. The predicted molar refractivity (Wildman–Crippen MR) is 111 cm³/mol. The van der Waals surface area contributed by atoms with E-state index in [0.29, 0.717) is 0 Å². The van der Waals surface area contributed by atoms with Crippen LogP contribution in [0.25, 0.3) is 10.9 Å². The van der Waals surface area contributed by atoms with Crippen molar-refractivity contribution in [1.29, 1.82) is 0 Å². The lowest BCUT2D eigenvalue weighted by molar-refractivity contribution is 0.0939. The molecule has 2 aromatic heterocycles. The second-order valence-electron chi connectivity index (χ2n) is 6.64. The van der Waals surface area contributed by atoms with Crippen molar-refractivity contribution in [2.24, 2.45) is 5.92 Å². The van der Waals surface area contributed by atoms with Crippen LogP contribution >= 0.6 is 11.3 Å². The van der Waals surface area contributed by atoms with Crippen LogP contribution < -0.4 is 0 Å². The number of hydrogen-bond acceptors (Lipinski definition) is 3. The Kier molecular flexibility index (Phi) is 6.35. The molecule has 134 valence electrons. The third-order valence-electron chi connectivity index (χ3n) is 4.86. The highest BCUT2D eigenvalue weighted by Crippen LogP contribution is 2.34. The van der Waals surface area contributed by atoms with Gasteiger partial charge < -0.3 is 0 Å². The summed E-state index contributed by atoms with van der Waals surface area (Å²) in [6.45, 7) is 6.23. The zero-order chi connectivity index (χ0) is 18.4. The molecule has 3 rings (SSSR count). The summed E-state index contributed by atoms with van der Waals surface area (Å²) in [6.07, 6.45) is 6.36. The molecule has 0 aliphatic heterocycles. The Bertz CT molecular complexity index is 869. The van der Waals surface area contributed by atoms with Crippen molar-refractivity contribution in [1.82, 2.24) is 4.98 Å². The molecule has 3 aromatic rings. The lowest BCUT2D eigenvalue weighted by atomic mass is 9.81. The average Bonchev–Trinajstić information content (AvgIpc) is 3.21. The van der Waals surface area contributed by atoms with Crippen molar-refractivity contribution in [3.63, 3.8) is 0 Å². The van der Waals surface area contributed by atoms with Crippen molar-refractivity contribution in [3.8, 4) is 0 Å². The van der Waals surface area contributed by atoms with E-state index in [-0.39, 0.29) is 17.6 Å². The molecule has 0 bridgehead atoms. The van der Waals surface area contributed by atoms with Crippen LogP contribution in [-0.2, 0) is 0 Å². The van der Waals surface area contributed by atoms with E-state index in [9.17, 15) is 4.79 Å². The van der Waals surface area contributed by atoms with Gasteiger partial charge in [0.25, 0.3) is 0 Å². The molecule has 3 heteroatoms. The number of benzene rings is 1. The van der Waals surface area contributed by atoms with Gasteiger partial charge in [-0.05, 0) is 35.9 Å². The van der Waals surface area contributed by atoms with E-state index in [2.05, 4.69) is 25.6 Å². The molecule has 0 aliphatic rings. The van der Waals surface area contributed by atoms with Crippen LogP contribution in [0.5, 0.6) is 0 Å². The predicted octanol–water partition coefficient (Wildman–Crippen LogP) is 6.65. The van der Waals surface area contributed by atoms with E-state index < -0.39 is 0 Å². The van der Waals surface area contributed by atoms with Crippen LogP contribution in [0.1, 0.15) is 53.9 Å². The van der Waals surface area contributed by atoms with E-state index in [4.69, 9.17) is 4.98 Å². The average molecular weight is 364 g/mol. The number of allylic oxidation sites excluding steroid dienone is 1. The van der Waals surface area contributed by atoms with Gasteiger partial charge in [0.2, 0.25) is 0 Å². The maximum absolute atomic E-state index is 13.3. The van der Waals surface area contributed by atoms with E-state index in [1.807, 2.05) is 47.9 Å². The molecule has 0 amide bonds. The third kappa shape index (κ3) is 4.10. The number of carbonyl (C=O) groups excluding carboxylic acids is 1. The van der Waals surface area contributed by atoms with Gasteiger partial charge in [-0.15, -0.1) is 17.9 Å². The summed E-state index contributed by atoms with van der Waals surface area (Å²) in [5, 5.41) is 3.05. The SMILES string of the molecule is C=C[C@H](CCCCC)[C@H](C(=O)c1cccs1)c1ccc2ccccc2n1. The van der Waals surface area contributed by atoms with Crippen LogP contribution in [-0.4, -0.2) is 10.8 Å². The van der Waals surface area contributed by atoms with E-state index >= 15 is 0 Å². The number of fused-ring (bicyclic) bond motifs is 1. The summed E-state index contributed by atoms with van der Waals surface area (Å²) < 4.78 is 0. The lowest BCUT2D eigenvalue weighted by Crippen LogP contribution is -2.21. The fraction of sp³-hybridized carbons (Fsp3) is 0.304. The second-order valence-corrected chi connectivity index (χ2v) is 7.59. The number of thiophene rings is 1. The number of Topliss-reactive ketones (excluding diaryl/α,β-unsaturated/α-hetero) is 1. The molecular formula is C23H25NOS. The van der Waals surface area contributed by atoms with Gasteiger partial charge in [-0.25, -0.2) is 0 Å². The fourth-order valence-corrected chi connectivity index (χ4v) is 4.13. The molecular weight excluding hydrogens is 338 g/mol. The Balaban J connectivity index is 2.00. The fourth-order valence-electron chi connectivity index (χ4n) is 3.43. The molecule has 2 atom stereocenters. The van der Waals surface area contributed by atoms with Gasteiger partial charge >= 0.3 is 0 Å². The Morgan fingerprint density at radius 2 is 2.00 bits per heavy atom. The van der Waals surface area contributed by atoms with Gasteiger partial charge in [0.1, 0.15) is 0 Å². The number of hydrogen-bond donors (Lipinski definition) is 0. The molecule has 0 fully saturated rings. The van der Waals surface area contributed by atoms with Gasteiger partial charge in [-0.2, -0.15) is 0 Å². The molecule has 0 spiro atoms. The van der Waals surface area contributed by atoms with Crippen LogP contribution in [0.2, 0.25) is 0 Å². The molecule has 2 heterocycles. The quantitative estimate of drug-likeness (QED) is 0.242. The number of carbonyl (C=O) groups is 1. The monoisotopic (exact) mass is 363 g/mol. The Morgan fingerprint density at radius 1 is 1.15 bits per heavy atom. The minimum atomic E-state index is -0.271. The maximum atomic E-state index is 13.3. The molecule has 2 nitrogen and oxygen atoms in total. The highest BCUT2D eigenvalue weighted by atomic mass is 32.1. The second kappa shape index (κ2) is 8.91. The molecule has 26 heavy (non-hydrogen) atoms.